The van der Waals surface area contributed by atoms with E-state index in [1.807, 2.05) is 37.3 Å². The lowest BCUT2D eigenvalue weighted by molar-refractivity contribution is 0.163. The minimum absolute atomic E-state index is 0.0287. The van der Waals surface area contributed by atoms with Gasteiger partial charge in [-0.2, -0.15) is 0 Å². The topological polar surface area (TPSA) is 82.0 Å². The zero-order chi connectivity index (χ0) is 16.7. The maximum atomic E-state index is 10.2. The molecule has 2 aromatic carbocycles. The Morgan fingerprint density at radius 1 is 1.13 bits per heavy atom. The maximum absolute atomic E-state index is 10.2. The Bertz CT molecular complexity index is 603. The SMILES string of the molecule is C[C@H](COc1ccccc1)NC[C@@H](O)c1ccc(O)c(CO)c1. The van der Waals surface area contributed by atoms with Gasteiger partial charge in [0.1, 0.15) is 18.1 Å². The average molecular weight is 317 g/mol. The Balaban J connectivity index is 1.80. The molecule has 0 saturated carbocycles. The Labute approximate surface area is 136 Å². The molecule has 0 spiro atoms. The number of phenols is 1. The van der Waals surface area contributed by atoms with Crippen LogP contribution in [0.4, 0.5) is 0 Å². The molecular weight excluding hydrogens is 294 g/mol. The molecule has 2 aromatic rings. The summed E-state index contributed by atoms with van der Waals surface area (Å²) in [7, 11) is 0. The van der Waals surface area contributed by atoms with Crippen LogP contribution in [-0.2, 0) is 6.61 Å². The summed E-state index contributed by atoms with van der Waals surface area (Å²) in [6.45, 7) is 2.57. The summed E-state index contributed by atoms with van der Waals surface area (Å²) >= 11 is 0. The number of aromatic hydroxyl groups is 1. The lowest BCUT2D eigenvalue weighted by Crippen LogP contribution is -2.34. The molecule has 0 fully saturated rings. The first-order chi connectivity index (χ1) is 11.1. The van der Waals surface area contributed by atoms with E-state index in [0.717, 1.165) is 5.75 Å². The van der Waals surface area contributed by atoms with Gasteiger partial charge in [-0.3, -0.25) is 0 Å². The largest absolute Gasteiger partial charge is 0.508 e. The molecular formula is C18H23NO4. The van der Waals surface area contributed by atoms with Crippen molar-refractivity contribution in [2.75, 3.05) is 13.2 Å². The van der Waals surface area contributed by atoms with Crippen molar-refractivity contribution in [3.63, 3.8) is 0 Å². The van der Waals surface area contributed by atoms with Crippen LogP contribution in [0.1, 0.15) is 24.2 Å². The first kappa shape index (κ1) is 17.3. The number of aliphatic hydroxyl groups excluding tert-OH is 2. The predicted molar refractivity (Wildman–Crippen MR) is 88.4 cm³/mol. The molecule has 0 heterocycles. The number of rotatable bonds is 8. The van der Waals surface area contributed by atoms with E-state index >= 15 is 0 Å². The minimum atomic E-state index is -0.722. The highest BCUT2D eigenvalue weighted by molar-refractivity contribution is 5.36. The summed E-state index contributed by atoms with van der Waals surface area (Å²) in [6.07, 6.45) is -0.722. The van der Waals surface area contributed by atoms with Gasteiger partial charge >= 0.3 is 0 Å². The predicted octanol–water partition coefficient (Wildman–Crippen LogP) is 1.97. The summed E-state index contributed by atoms with van der Waals surface area (Å²) in [5.41, 5.74) is 1.05. The molecule has 0 aliphatic heterocycles. The van der Waals surface area contributed by atoms with E-state index in [1.165, 1.54) is 6.07 Å². The fourth-order valence-corrected chi connectivity index (χ4v) is 2.17. The lowest BCUT2D eigenvalue weighted by atomic mass is 10.1. The first-order valence-electron chi connectivity index (χ1n) is 7.62. The Hall–Kier alpha value is -2.08. The van der Waals surface area contributed by atoms with E-state index in [-0.39, 0.29) is 18.4 Å². The molecule has 2 atom stereocenters. The summed E-state index contributed by atoms with van der Waals surface area (Å²) in [5.74, 6) is 0.842. The molecule has 124 valence electrons. The number of hydrogen-bond acceptors (Lipinski definition) is 5. The van der Waals surface area contributed by atoms with Gasteiger partial charge in [0.2, 0.25) is 0 Å². The van der Waals surface area contributed by atoms with Gasteiger partial charge in [-0.15, -0.1) is 0 Å². The fourth-order valence-electron chi connectivity index (χ4n) is 2.17. The summed E-state index contributed by atoms with van der Waals surface area (Å²) in [5, 5.41) is 32.1. The Kier molecular flexibility index (Phi) is 6.40. The highest BCUT2D eigenvalue weighted by Gasteiger charge is 2.12. The van der Waals surface area contributed by atoms with Crippen molar-refractivity contribution in [3.8, 4) is 11.5 Å². The third-order valence-corrected chi connectivity index (χ3v) is 3.56. The monoisotopic (exact) mass is 317 g/mol. The standard InChI is InChI=1S/C18H23NO4/c1-13(12-23-16-5-3-2-4-6-16)19-10-18(22)14-7-8-17(21)15(9-14)11-20/h2-9,13,18-22H,10-12H2,1H3/t13-,18-/m1/s1. The summed E-state index contributed by atoms with van der Waals surface area (Å²) in [4.78, 5) is 0. The minimum Gasteiger partial charge on any atom is -0.508 e. The molecule has 0 aromatic heterocycles. The molecule has 5 heteroatoms. The van der Waals surface area contributed by atoms with Crippen molar-refractivity contribution < 1.29 is 20.1 Å². The van der Waals surface area contributed by atoms with Gasteiger partial charge in [-0.05, 0) is 36.8 Å². The van der Waals surface area contributed by atoms with Gasteiger partial charge in [-0.25, -0.2) is 0 Å². The van der Waals surface area contributed by atoms with Gasteiger partial charge in [0.25, 0.3) is 0 Å². The summed E-state index contributed by atoms with van der Waals surface area (Å²) < 4.78 is 5.65. The van der Waals surface area contributed by atoms with Crippen LogP contribution >= 0.6 is 0 Å². The maximum Gasteiger partial charge on any atom is 0.121 e. The Morgan fingerprint density at radius 3 is 2.57 bits per heavy atom. The van der Waals surface area contributed by atoms with Crippen molar-refractivity contribution in [2.45, 2.75) is 25.7 Å². The van der Waals surface area contributed by atoms with Crippen LogP contribution in [0.2, 0.25) is 0 Å². The number of benzene rings is 2. The third kappa shape index (κ3) is 5.25. The number of aliphatic hydroxyl groups is 2. The lowest BCUT2D eigenvalue weighted by Gasteiger charge is -2.18. The van der Waals surface area contributed by atoms with Crippen LogP contribution in [0.5, 0.6) is 11.5 Å². The van der Waals surface area contributed by atoms with Gasteiger partial charge in [0.05, 0.1) is 12.7 Å². The van der Waals surface area contributed by atoms with E-state index < -0.39 is 6.10 Å². The van der Waals surface area contributed by atoms with Crippen molar-refractivity contribution in [1.82, 2.24) is 5.32 Å². The molecule has 5 nitrogen and oxygen atoms in total. The van der Waals surface area contributed by atoms with E-state index in [4.69, 9.17) is 9.84 Å². The quantitative estimate of drug-likeness (QED) is 0.598. The molecule has 0 bridgehead atoms. The molecule has 0 saturated heterocycles. The van der Waals surface area contributed by atoms with Crippen molar-refractivity contribution in [2.24, 2.45) is 0 Å². The van der Waals surface area contributed by atoms with Gasteiger partial charge in [-0.1, -0.05) is 24.3 Å². The van der Waals surface area contributed by atoms with E-state index in [9.17, 15) is 10.2 Å². The van der Waals surface area contributed by atoms with E-state index in [0.29, 0.717) is 24.3 Å². The number of ether oxygens (including phenoxy) is 1. The second-order valence-corrected chi connectivity index (χ2v) is 5.50. The number of nitrogens with one attached hydrogen (secondary N) is 1. The number of para-hydroxylation sites is 1. The zero-order valence-electron chi connectivity index (χ0n) is 13.1. The second-order valence-electron chi connectivity index (χ2n) is 5.50. The van der Waals surface area contributed by atoms with Crippen LogP contribution < -0.4 is 10.1 Å². The molecule has 0 radical (unpaired) electrons. The highest BCUT2D eigenvalue weighted by Crippen LogP contribution is 2.22. The normalized spacial score (nSPS) is 13.5. The van der Waals surface area contributed by atoms with Crippen LogP contribution in [0.25, 0.3) is 0 Å². The molecule has 2 rings (SSSR count). The first-order valence-corrected chi connectivity index (χ1v) is 7.62. The Morgan fingerprint density at radius 2 is 1.87 bits per heavy atom. The van der Waals surface area contributed by atoms with Crippen LogP contribution in [0.3, 0.4) is 0 Å². The molecule has 4 N–H and O–H groups in total. The van der Waals surface area contributed by atoms with Crippen molar-refractivity contribution >= 4 is 0 Å². The second kappa shape index (κ2) is 8.53. The van der Waals surface area contributed by atoms with Crippen molar-refractivity contribution in [3.05, 3.63) is 59.7 Å². The fraction of sp³-hybridized carbons (Fsp3) is 0.333. The van der Waals surface area contributed by atoms with Crippen LogP contribution in [0.15, 0.2) is 48.5 Å². The zero-order valence-corrected chi connectivity index (χ0v) is 13.1. The summed E-state index contributed by atoms with van der Waals surface area (Å²) in [6, 6.07) is 14.4. The molecule has 0 aliphatic carbocycles. The van der Waals surface area contributed by atoms with Gasteiger partial charge in [0, 0.05) is 18.2 Å². The molecule has 0 amide bonds. The van der Waals surface area contributed by atoms with Crippen LogP contribution in [-0.4, -0.2) is 34.5 Å². The van der Waals surface area contributed by atoms with E-state index in [1.54, 1.807) is 12.1 Å². The van der Waals surface area contributed by atoms with Crippen molar-refractivity contribution in [1.29, 1.82) is 0 Å². The molecule has 0 unspecified atom stereocenters. The van der Waals surface area contributed by atoms with Gasteiger partial charge < -0.3 is 25.4 Å². The van der Waals surface area contributed by atoms with Crippen LogP contribution in [0, 0.1) is 0 Å². The third-order valence-electron chi connectivity index (χ3n) is 3.56. The molecule has 23 heavy (non-hydrogen) atoms. The smallest absolute Gasteiger partial charge is 0.121 e. The molecule has 0 aliphatic rings. The highest BCUT2D eigenvalue weighted by atomic mass is 16.5. The van der Waals surface area contributed by atoms with E-state index in [2.05, 4.69) is 5.32 Å². The number of hydrogen-bond donors (Lipinski definition) is 4. The van der Waals surface area contributed by atoms with Gasteiger partial charge in [0.15, 0.2) is 0 Å². The average Bonchev–Trinajstić information content (AvgIpc) is 2.59.